The van der Waals surface area contributed by atoms with E-state index in [0.717, 1.165) is 11.8 Å². The number of hydrogen-bond donors (Lipinski definition) is 1. The fraction of sp³-hybridized carbons (Fsp3) is 0.316. The van der Waals surface area contributed by atoms with Gasteiger partial charge in [-0.15, -0.1) is 0 Å². The lowest BCUT2D eigenvalue weighted by atomic mass is 9.82. The highest BCUT2D eigenvalue weighted by Gasteiger charge is 2.50. The highest BCUT2D eigenvalue weighted by atomic mass is 16.4. The van der Waals surface area contributed by atoms with Crippen LogP contribution in [0.1, 0.15) is 23.9 Å². The zero-order valence-corrected chi connectivity index (χ0v) is 14.0. The molecule has 0 aliphatic heterocycles. The first-order valence-electron chi connectivity index (χ1n) is 8.62. The van der Waals surface area contributed by atoms with Crippen molar-refractivity contribution in [3.8, 4) is 0 Å². The van der Waals surface area contributed by atoms with Gasteiger partial charge in [-0.25, -0.2) is 4.98 Å². The van der Waals surface area contributed by atoms with Crippen molar-refractivity contribution < 1.29 is 9.90 Å². The van der Waals surface area contributed by atoms with Crippen LogP contribution in [0.25, 0.3) is 16.6 Å². The first kappa shape index (κ1) is 15.2. The number of rotatable bonds is 2. The first-order chi connectivity index (χ1) is 12.5. The molecule has 1 saturated carbocycles. The molecule has 7 heteroatoms. The van der Waals surface area contributed by atoms with E-state index in [9.17, 15) is 14.7 Å². The molecule has 2 aliphatic carbocycles. The number of fused-ring (bicyclic) bond motifs is 5. The number of allylic oxidation sites excluding steroid dienone is 2. The Labute approximate surface area is 148 Å². The summed E-state index contributed by atoms with van der Waals surface area (Å²) in [6, 6.07) is 7.42. The molecule has 0 saturated heterocycles. The minimum Gasteiger partial charge on any atom is -0.481 e. The predicted molar refractivity (Wildman–Crippen MR) is 93.9 cm³/mol. The quantitative estimate of drug-likeness (QED) is 0.561. The average Bonchev–Trinajstić information content (AvgIpc) is 3.23. The van der Waals surface area contributed by atoms with Crippen molar-refractivity contribution in [2.75, 3.05) is 0 Å². The van der Waals surface area contributed by atoms with Gasteiger partial charge >= 0.3 is 5.97 Å². The number of hydrogen-bond acceptors (Lipinski definition) is 5. The van der Waals surface area contributed by atoms with Crippen molar-refractivity contribution in [1.29, 1.82) is 0 Å². The van der Waals surface area contributed by atoms with Gasteiger partial charge in [-0.3, -0.25) is 9.59 Å². The Hall–Kier alpha value is -3.09. The predicted octanol–water partition coefficient (Wildman–Crippen LogP) is 1.94. The van der Waals surface area contributed by atoms with Crippen LogP contribution in [0, 0.1) is 24.7 Å². The summed E-state index contributed by atoms with van der Waals surface area (Å²) < 4.78 is 1.58. The maximum atomic E-state index is 12.1. The molecule has 0 spiro atoms. The van der Waals surface area contributed by atoms with Crippen molar-refractivity contribution in [1.82, 2.24) is 19.6 Å². The third-order valence-corrected chi connectivity index (χ3v) is 5.61. The molecular formula is C19H16N4O3. The smallest absolute Gasteiger partial charge is 0.307 e. The Morgan fingerprint density at radius 1 is 1.19 bits per heavy atom. The van der Waals surface area contributed by atoms with E-state index in [4.69, 9.17) is 4.98 Å². The highest BCUT2D eigenvalue weighted by Crippen LogP contribution is 2.52. The number of benzene rings is 1. The zero-order chi connectivity index (χ0) is 18.0. The van der Waals surface area contributed by atoms with Crippen molar-refractivity contribution in [2.24, 2.45) is 17.8 Å². The lowest BCUT2D eigenvalue weighted by Gasteiger charge is -2.25. The molecule has 2 aliphatic rings. The van der Waals surface area contributed by atoms with Gasteiger partial charge in [0.2, 0.25) is 0 Å². The Balaban J connectivity index is 1.87. The standard InChI is InChI=1S/C19H16N4O3/c1-9-18(24)21-16-12-4-2-3-5-13(12)20-17(23(16)22-9)14-10-6-7-11(8-10)15(14)19(25)26/h2-7,10-11,14-15H,8H2,1H3,(H,25,26)/t10-,11-,14+,15-/m0/s1. The number of carboxylic acids is 1. The van der Waals surface area contributed by atoms with Gasteiger partial charge in [0, 0.05) is 11.3 Å². The largest absolute Gasteiger partial charge is 0.481 e. The Morgan fingerprint density at radius 2 is 1.96 bits per heavy atom. The number of nitrogens with zero attached hydrogens (tertiary/aromatic N) is 4. The maximum Gasteiger partial charge on any atom is 0.307 e. The van der Waals surface area contributed by atoms with Crippen LogP contribution in [0.5, 0.6) is 0 Å². The van der Waals surface area contributed by atoms with E-state index in [1.165, 1.54) is 0 Å². The fourth-order valence-electron chi connectivity index (χ4n) is 4.46. The van der Waals surface area contributed by atoms with Crippen LogP contribution < -0.4 is 5.56 Å². The minimum absolute atomic E-state index is 0.0132. The van der Waals surface area contributed by atoms with Gasteiger partial charge in [-0.1, -0.05) is 24.3 Å². The molecule has 0 unspecified atom stereocenters. The number of aryl methyl sites for hydroxylation is 1. The monoisotopic (exact) mass is 348 g/mol. The molecule has 0 amide bonds. The molecule has 1 N–H and O–H groups in total. The van der Waals surface area contributed by atoms with Gasteiger partial charge in [0.1, 0.15) is 11.5 Å². The van der Waals surface area contributed by atoms with E-state index in [-0.39, 0.29) is 29.0 Å². The molecule has 0 radical (unpaired) electrons. The van der Waals surface area contributed by atoms with Gasteiger partial charge in [0.05, 0.1) is 11.4 Å². The van der Waals surface area contributed by atoms with Crippen LogP contribution in [0.3, 0.4) is 0 Å². The lowest BCUT2D eigenvalue weighted by Crippen LogP contribution is -2.29. The van der Waals surface area contributed by atoms with Gasteiger partial charge < -0.3 is 5.11 Å². The minimum atomic E-state index is -0.819. The summed E-state index contributed by atoms with van der Waals surface area (Å²) in [6.45, 7) is 1.61. The van der Waals surface area contributed by atoms with Crippen molar-refractivity contribution in [3.05, 3.63) is 58.3 Å². The van der Waals surface area contributed by atoms with Crippen molar-refractivity contribution >= 4 is 22.5 Å². The van der Waals surface area contributed by atoms with Crippen molar-refractivity contribution in [3.63, 3.8) is 0 Å². The van der Waals surface area contributed by atoms with Crippen LogP contribution in [0.2, 0.25) is 0 Å². The number of aromatic nitrogens is 4. The zero-order valence-electron chi connectivity index (χ0n) is 14.0. The number of aliphatic carboxylic acids is 1. The lowest BCUT2D eigenvalue weighted by molar-refractivity contribution is -0.143. The van der Waals surface area contributed by atoms with Gasteiger partial charge in [0.15, 0.2) is 5.65 Å². The molecule has 1 aromatic carbocycles. The van der Waals surface area contributed by atoms with E-state index in [2.05, 4.69) is 16.2 Å². The second-order valence-corrected chi connectivity index (χ2v) is 7.06. The number of carbonyl (C=O) groups is 1. The van der Waals surface area contributed by atoms with Crippen LogP contribution in [0.4, 0.5) is 0 Å². The normalized spacial score (nSPS) is 26.8. The maximum absolute atomic E-state index is 12.1. The summed E-state index contributed by atoms with van der Waals surface area (Å²) in [6.07, 6.45) is 4.89. The molecular weight excluding hydrogens is 332 g/mol. The van der Waals surface area contributed by atoms with Crippen LogP contribution in [0.15, 0.2) is 41.2 Å². The molecule has 3 aromatic rings. The first-order valence-corrected chi connectivity index (χ1v) is 8.62. The summed E-state index contributed by atoms with van der Waals surface area (Å²) >= 11 is 0. The molecule has 7 nitrogen and oxygen atoms in total. The molecule has 5 rings (SSSR count). The Morgan fingerprint density at radius 3 is 2.77 bits per heavy atom. The van der Waals surface area contributed by atoms with E-state index >= 15 is 0 Å². The molecule has 130 valence electrons. The van der Waals surface area contributed by atoms with Gasteiger partial charge in [-0.05, 0) is 37.3 Å². The van der Waals surface area contributed by atoms with E-state index < -0.39 is 11.9 Å². The fourth-order valence-corrected chi connectivity index (χ4v) is 4.46. The SMILES string of the molecule is Cc1nn2c([C@H]3[C@@H](C(=O)O)[C@H]4C=C[C@H]3C4)nc3ccccc3c2nc1=O. The molecule has 1 fully saturated rings. The third-order valence-electron chi connectivity index (χ3n) is 5.61. The third kappa shape index (κ3) is 1.97. The van der Waals surface area contributed by atoms with Crippen molar-refractivity contribution in [2.45, 2.75) is 19.3 Å². The summed E-state index contributed by atoms with van der Waals surface area (Å²) in [4.78, 5) is 33.0. The summed E-state index contributed by atoms with van der Waals surface area (Å²) in [7, 11) is 0. The summed E-state index contributed by atoms with van der Waals surface area (Å²) in [5, 5.41) is 14.9. The number of carboxylic acid groups (broad SMARTS) is 1. The van der Waals surface area contributed by atoms with Gasteiger partial charge in [0.25, 0.3) is 5.56 Å². The topological polar surface area (TPSA) is 97.5 Å². The summed E-state index contributed by atoms with van der Waals surface area (Å²) in [5.74, 6) is -0.952. The Kier molecular flexibility index (Phi) is 3.04. The molecule has 2 aromatic heterocycles. The van der Waals surface area contributed by atoms with Gasteiger partial charge in [-0.2, -0.15) is 14.6 Å². The van der Waals surface area contributed by atoms with E-state index in [1.807, 2.05) is 30.3 Å². The number of para-hydroxylation sites is 1. The second kappa shape index (κ2) is 5.20. The van der Waals surface area contributed by atoms with Crippen LogP contribution >= 0.6 is 0 Å². The summed E-state index contributed by atoms with van der Waals surface area (Å²) in [5.41, 5.74) is 1.01. The van der Waals surface area contributed by atoms with Crippen LogP contribution in [-0.2, 0) is 4.79 Å². The van der Waals surface area contributed by atoms with Crippen LogP contribution in [-0.4, -0.2) is 30.7 Å². The highest BCUT2D eigenvalue weighted by molar-refractivity contribution is 5.91. The van der Waals surface area contributed by atoms with E-state index in [0.29, 0.717) is 17.0 Å². The van der Waals surface area contributed by atoms with E-state index in [1.54, 1.807) is 11.4 Å². The molecule has 2 bridgehead atoms. The molecule has 2 heterocycles. The molecule has 26 heavy (non-hydrogen) atoms. The second-order valence-electron chi connectivity index (χ2n) is 7.06. The average molecular weight is 348 g/mol. The molecule has 4 atom stereocenters. The Bertz CT molecular complexity index is 1170.